The summed E-state index contributed by atoms with van der Waals surface area (Å²) >= 11 is 0. The van der Waals surface area contributed by atoms with Gasteiger partial charge in [-0.3, -0.25) is 5.43 Å². The average Bonchev–Trinajstić information content (AvgIpc) is 3.32. The molecule has 0 radical (unpaired) electrons. The van der Waals surface area contributed by atoms with Crippen LogP contribution in [0.5, 0.6) is 0 Å². The Balaban J connectivity index is 1.77. The molecule has 1 aliphatic carbocycles. The number of rotatable bonds is 5. The first-order valence-corrected chi connectivity index (χ1v) is 7.50. The lowest BCUT2D eigenvalue weighted by Gasteiger charge is -2.27. The molecule has 0 aromatic carbocycles. The number of piperidine rings is 1. The molecule has 3 rings (SSSR count). The summed E-state index contributed by atoms with van der Waals surface area (Å²) in [6, 6.07) is 0.400. The van der Waals surface area contributed by atoms with E-state index in [4.69, 9.17) is 5.84 Å². The van der Waals surface area contributed by atoms with Gasteiger partial charge in [0.05, 0.1) is 0 Å². The van der Waals surface area contributed by atoms with E-state index in [0.29, 0.717) is 17.9 Å². The zero-order valence-corrected chi connectivity index (χ0v) is 12.0. The summed E-state index contributed by atoms with van der Waals surface area (Å²) in [6.45, 7) is 4.19. The number of hydrazine groups is 1. The molecule has 2 fully saturated rings. The molecule has 0 spiro atoms. The molecular formula is C13H23N7. The van der Waals surface area contributed by atoms with Gasteiger partial charge in [0, 0.05) is 19.1 Å². The monoisotopic (exact) mass is 277 g/mol. The third-order valence-corrected chi connectivity index (χ3v) is 4.08. The normalized spacial score (nSPS) is 20.6. The summed E-state index contributed by atoms with van der Waals surface area (Å²) in [5.74, 6) is 7.98. The summed E-state index contributed by atoms with van der Waals surface area (Å²) in [5, 5.41) is 3.37. The summed E-state index contributed by atoms with van der Waals surface area (Å²) in [7, 11) is 0. The standard InChI is InChI=1S/C13H23N7/c1-9(10-5-6-10)15-11-16-12(19-14)18-13(17-11)20-7-3-2-4-8-20/h9-10H,2-8,14H2,1H3,(H2,15,16,17,18,19). The van der Waals surface area contributed by atoms with Gasteiger partial charge in [-0.2, -0.15) is 15.0 Å². The Bertz CT molecular complexity index is 454. The van der Waals surface area contributed by atoms with Crippen LogP contribution in [0.4, 0.5) is 17.8 Å². The number of aromatic nitrogens is 3. The second-order valence-corrected chi connectivity index (χ2v) is 5.75. The van der Waals surface area contributed by atoms with E-state index in [1.54, 1.807) is 0 Å². The molecule has 110 valence electrons. The molecule has 4 N–H and O–H groups in total. The van der Waals surface area contributed by atoms with Crippen molar-refractivity contribution in [3.63, 3.8) is 0 Å². The third kappa shape index (κ3) is 3.09. The Morgan fingerprint density at radius 3 is 2.45 bits per heavy atom. The Kier molecular flexibility index (Phi) is 3.86. The maximum atomic E-state index is 5.47. The average molecular weight is 277 g/mol. The van der Waals surface area contributed by atoms with Crippen molar-refractivity contribution in [3.05, 3.63) is 0 Å². The van der Waals surface area contributed by atoms with Crippen molar-refractivity contribution in [2.24, 2.45) is 11.8 Å². The van der Waals surface area contributed by atoms with E-state index >= 15 is 0 Å². The molecule has 1 aliphatic heterocycles. The molecule has 1 aromatic heterocycles. The molecule has 1 saturated carbocycles. The minimum Gasteiger partial charge on any atom is -0.351 e. The predicted molar refractivity (Wildman–Crippen MR) is 79.5 cm³/mol. The van der Waals surface area contributed by atoms with Crippen molar-refractivity contribution in [1.29, 1.82) is 0 Å². The largest absolute Gasteiger partial charge is 0.351 e. The number of anilines is 3. The van der Waals surface area contributed by atoms with Crippen LogP contribution in [0.3, 0.4) is 0 Å². The van der Waals surface area contributed by atoms with E-state index in [1.807, 2.05) is 0 Å². The van der Waals surface area contributed by atoms with Gasteiger partial charge in [0.2, 0.25) is 17.8 Å². The molecule has 2 heterocycles. The predicted octanol–water partition coefficient (Wildman–Crippen LogP) is 1.36. The highest BCUT2D eigenvalue weighted by Crippen LogP contribution is 2.33. The van der Waals surface area contributed by atoms with Crippen LogP contribution in [0.15, 0.2) is 0 Å². The van der Waals surface area contributed by atoms with Gasteiger partial charge < -0.3 is 10.2 Å². The van der Waals surface area contributed by atoms with Crippen molar-refractivity contribution < 1.29 is 0 Å². The van der Waals surface area contributed by atoms with E-state index in [0.717, 1.165) is 25.0 Å². The van der Waals surface area contributed by atoms with Crippen LogP contribution in [-0.2, 0) is 0 Å². The Morgan fingerprint density at radius 2 is 1.80 bits per heavy atom. The number of nitrogens with zero attached hydrogens (tertiary/aromatic N) is 4. The molecule has 0 amide bonds. The highest BCUT2D eigenvalue weighted by molar-refractivity contribution is 5.44. The fourth-order valence-electron chi connectivity index (χ4n) is 2.65. The third-order valence-electron chi connectivity index (χ3n) is 4.08. The van der Waals surface area contributed by atoms with Crippen LogP contribution >= 0.6 is 0 Å². The first-order chi connectivity index (χ1) is 9.76. The first-order valence-electron chi connectivity index (χ1n) is 7.50. The minimum absolute atomic E-state index is 0.400. The number of nitrogen functional groups attached to an aromatic ring is 1. The zero-order chi connectivity index (χ0) is 13.9. The lowest BCUT2D eigenvalue weighted by atomic mass is 10.1. The van der Waals surface area contributed by atoms with Gasteiger partial charge in [-0.05, 0) is 44.9 Å². The molecule has 1 saturated heterocycles. The molecule has 1 unspecified atom stereocenters. The van der Waals surface area contributed by atoms with Gasteiger partial charge in [-0.25, -0.2) is 5.84 Å². The van der Waals surface area contributed by atoms with Gasteiger partial charge in [-0.15, -0.1) is 0 Å². The smallest absolute Gasteiger partial charge is 0.243 e. The Labute approximate surface area is 119 Å². The second kappa shape index (κ2) is 5.78. The lowest BCUT2D eigenvalue weighted by molar-refractivity contribution is 0.567. The highest BCUT2D eigenvalue weighted by atomic mass is 15.4. The zero-order valence-electron chi connectivity index (χ0n) is 12.0. The van der Waals surface area contributed by atoms with Crippen LogP contribution in [0.2, 0.25) is 0 Å². The SMILES string of the molecule is CC(Nc1nc(NN)nc(N2CCCCC2)n1)C1CC1. The van der Waals surface area contributed by atoms with Crippen LogP contribution in [-0.4, -0.2) is 34.1 Å². The van der Waals surface area contributed by atoms with Gasteiger partial charge >= 0.3 is 0 Å². The van der Waals surface area contributed by atoms with Gasteiger partial charge in [0.1, 0.15) is 0 Å². The Morgan fingerprint density at radius 1 is 1.10 bits per heavy atom. The molecule has 1 aromatic rings. The van der Waals surface area contributed by atoms with E-state index < -0.39 is 0 Å². The number of nitrogens with one attached hydrogen (secondary N) is 2. The van der Waals surface area contributed by atoms with Crippen LogP contribution < -0.4 is 21.5 Å². The molecular weight excluding hydrogens is 254 g/mol. The summed E-state index contributed by atoms with van der Waals surface area (Å²) in [5.41, 5.74) is 2.54. The van der Waals surface area contributed by atoms with E-state index in [9.17, 15) is 0 Å². The fourth-order valence-corrected chi connectivity index (χ4v) is 2.65. The van der Waals surface area contributed by atoms with E-state index in [-0.39, 0.29) is 0 Å². The van der Waals surface area contributed by atoms with Gasteiger partial charge in [0.15, 0.2) is 0 Å². The molecule has 7 heteroatoms. The van der Waals surface area contributed by atoms with Crippen molar-refractivity contribution in [2.45, 2.75) is 45.1 Å². The summed E-state index contributed by atoms with van der Waals surface area (Å²) < 4.78 is 0. The second-order valence-electron chi connectivity index (χ2n) is 5.75. The number of nitrogens with two attached hydrogens (primary N) is 1. The van der Waals surface area contributed by atoms with Crippen molar-refractivity contribution in [3.8, 4) is 0 Å². The summed E-state index contributed by atoms with van der Waals surface area (Å²) in [4.78, 5) is 15.4. The fraction of sp³-hybridized carbons (Fsp3) is 0.769. The maximum Gasteiger partial charge on any atom is 0.243 e. The Hall–Kier alpha value is -1.63. The van der Waals surface area contributed by atoms with E-state index in [2.05, 4.69) is 37.5 Å². The van der Waals surface area contributed by atoms with Crippen molar-refractivity contribution in [1.82, 2.24) is 15.0 Å². The minimum atomic E-state index is 0.400. The van der Waals surface area contributed by atoms with E-state index in [1.165, 1.54) is 32.1 Å². The topological polar surface area (TPSA) is 92.0 Å². The quantitative estimate of drug-likeness (QED) is 0.553. The van der Waals surface area contributed by atoms with Crippen LogP contribution in [0.1, 0.15) is 39.0 Å². The molecule has 1 atom stereocenters. The van der Waals surface area contributed by atoms with Gasteiger partial charge in [0.25, 0.3) is 0 Å². The number of hydrogen-bond donors (Lipinski definition) is 3. The first kappa shape index (κ1) is 13.4. The van der Waals surface area contributed by atoms with Crippen molar-refractivity contribution >= 4 is 17.8 Å². The molecule has 0 bridgehead atoms. The maximum absolute atomic E-state index is 5.47. The van der Waals surface area contributed by atoms with Crippen LogP contribution in [0, 0.1) is 5.92 Å². The number of hydrogen-bond acceptors (Lipinski definition) is 7. The molecule has 20 heavy (non-hydrogen) atoms. The van der Waals surface area contributed by atoms with Gasteiger partial charge in [-0.1, -0.05) is 0 Å². The van der Waals surface area contributed by atoms with Crippen LogP contribution in [0.25, 0.3) is 0 Å². The highest BCUT2D eigenvalue weighted by Gasteiger charge is 2.28. The summed E-state index contributed by atoms with van der Waals surface area (Å²) in [6.07, 6.45) is 6.25. The lowest BCUT2D eigenvalue weighted by Crippen LogP contribution is -2.32. The molecule has 2 aliphatic rings. The molecule has 7 nitrogen and oxygen atoms in total. The van der Waals surface area contributed by atoms with Crippen molar-refractivity contribution in [2.75, 3.05) is 28.7 Å².